The summed E-state index contributed by atoms with van der Waals surface area (Å²) in [5.41, 5.74) is 3.11. The highest BCUT2D eigenvalue weighted by Gasteiger charge is 2.65. The molecule has 12 heteroatoms. The van der Waals surface area contributed by atoms with E-state index in [9.17, 15) is 10.2 Å². The number of fused-ring (bicyclic) bond motifs is 3. The first kappa shape index (κ1) is 48.0. The van der Waals surface area contributed by atoms with Crippen molar-refractivity contribution in [3.8, 4) is 28.7 Å². The molecule has 5 aliphatic rings. The summed E-state index contributed by atoms with van der Waals surface area (Å²) in [5, 5.41) is 25.1. The molecule has 0 saturated heterocycles. The van der Waals surface area contributed by atoms with E-state index in [1.165, 1.54) is 12.8 Å². The van der Waals surface area contributed by atoms with Crippen molar-refractivity contribution in [1.29, 1.82) is 0 Å². The number of thioether (sulfide) groups is 1. The number of allylic oxidation sites excluding steroid dienone is 1. The van der Waals surface area contributed by atoms with Crippen molar-refractivity contribution < 1.29 is 43.5 Å². The summed E-state index contributed by atoms with van der Waals surface area (Å²) in [6.45, 7) is 11.0. The lowest BCUT2D eigenvalue weighted by Gasteiger charge is -2.60. The molecule has 0 bridgehead atoms. The lowest BCUT2D eigenvalue weighted by atomic mass is 9.55. The summed E-state index contributed by atoms with van der Waals surface area (Å²) in [4.78, 5) is 24.9. The normalized spacial score (nSPS) is 24.8. The van der Waals surface area contributed by atoms with E-state index in [-0.39, 0.29) is 56.8 Å². The van der Waals surface area contributed by atoms with Gasteiger partial charge >= 0.3 is 0 Å². The molecule has 6 atom stereocenters. The van der Waals surface area contributed by atoms with Crippen molar-refractivity contribution >= 4 is 23.4 Å². The third-order valence-corrected chi connectivity index (χ3v) is 14.8. The molecule has 3 aliphatic carbocycles. The third-order valence-electron chi connectivity index (χ3n) is 14.1. The smallest absolute Gasteiger partial charge is 0.239 e. The molecular weight excluding hydrogens is 853 g/mol. The first-order valence-electron chi connectivity index (χ1n) is 24.3. The predicted octanol–water partition coefficient (Wildman–Crippen LogP) is 11.4. The van der Waals surface area contributed by atoms with Gasteiger partial charge in [0.2, 0.25) is 18.5 Å². The maximum Gasteiger partial charge on any atom is 0.239 e. The van der Waals surface area contributed by atoms with Crippen LogP contribution in [-0.2, 0) is 20.9 Å². The van der Waals surface area contributed by atoms with Crippen molar-refractivity contribution in [2.75, 3.05) is 32.9 Å². The highest BCUT2D eigenvalue weighted by molar-refractivity contribution is 7.98. The van der Waals surface area contributed by atoms with Gasteiger partial charge in [-0.2, -0.15) is 0 Å². The molecule has 11 nitrogen and oxygen atoms in total. The molecule has 2 saturated carbocycles. The zero-order valence-corrected chi connectivity index (χ0v) is 40.2. The molecule has 1 amide bonds. The van der Waals surface area contributed by atoms with E-state index < -0.39 is 23.3 Å². The van der Waals surface area contributed by atoms with E-state index in [1.807, 2.05) is 68.1 Å². The Morgan fingerprint density at radius 2 is 1.65 bits per heavy atom. The lowest BCUT2D eigenvalue weighted by molar-refractivity contribution is -0.258. The number of amides is 1. The molecular formula is C54H70N2O9S. The number of aliphatic hydroxyl groups excluding tert-OH is 2. The number of benzene rings is 3. The van der Waals surface area contributed by atoms with Crippen molar-refractivity contribution in [3.63, 3.8) is 0 Å². The summed E-state index contributed by atoms with van der Waals surface area (Å²) in [7, 11) is 0. The van der Waals surface area contributed by atoms with Crippen molar-refractivity contribution in [2.24, 2.45) is 28.8 Å². The molecule has 6 unspecified atom stereocenters. The van der Waals surface area contributed by atoms with Crippen LogP contribution in [0.3, 0.4) is 0 Å². The number of unbranched alkanes of at least 4 members (excludes halogenated alkanes) is 2. The van der Waals surface area contributed by atoms with Gasteiger partial charge in [-0.3, -0.25) is 4.79 Å². The van der Waals surface area contributed by atoms with Crippen LogP contribution in [0.25, 0.3) is 0 Å². The van der Waals surface area contributed by atoms with Gasteiger partial charge in [-0.25, -0.2) is 0 Å². The van der Waals surface area contributed by atoms with Gasteiger partial charge in [-0.05, 0) is 143 Å². The molecule has 2 heterocycles. The van der Waals surface area contributed by atoms with Crippen molar-refractivity contribution in [2.45, 2.75) is 139 Å². The third kappa shape index (κ3) is 10.8. The number of hydrogen-bond acceptors (Lipinski definition) is 11. The quantitative estimate of drug-likeness (QED) is 0.0461. The number of oxime groups is 1. The second-order valence-electron chi connectivity index (χ2n) is 19.7. The molecule has 0 radical (unpaired) electrons. The molecule has 66 heavy (non-hydrogen) atoms. The Labute approximate surface area is 395 Å². The van der Waals surface area contributed by atoms with Gasteiger partial charge < -0.3 is 43.6 Å². The number of aliphatic hydroxyl groups is 2. The van der Waals surface area contributed by atoms with Crippen LogP contribution < -0.4 is 18.9 Å². The van der Waals surface area contributed by atoms with Crippen LogP contribution in [-0.4, -0.2) is 77.0 Å². The zero-order chi connectivity index (χ0) is 46.3. The van der Waals surface area contributed by atoms with Gasteiger partial charge in [0.15, 0.2) is 11.5 Å². The average Bonchev–Trinajstić information content (AvgIpc) is 4.03. The molecule has 0 spiro atoms. The highest BCUT2D eigenvalue weighted by atomic mass is 32.2. The zero-order valence-electron chi connectivity index (χ0n) is 39.4. The Morgan fingerprint density at radius 3 is 2.38 bits per heavy atom. The Bertz CT molecular complexity index is 2200. The molecule has 0 aromatic heterocycles. The maximum absolute atomic E-state index is 15.3. The van der Waals surface area contributed by atoms with E-state index in [4.69, 9.17) is 33.7 Å². The Kier molecular flexibility index (Phi) is 15.7. The Morgan fingerprint density at radius 1 is 0.924 bits per heavy atom. The minimum absolute atomic E-state index is 0.0361. The SMILES string of the molecule is C=CCOC12Oc3ccc(Oc4ccc(SC)cc4)cc3C3C(CCCCO)C(CCCCO)C=C(C(=NOC(C)(C)C)CC1N(Cc1ccc4c(c1)OCO4)C(=O)CCC1CCCC1)C32. The van der Waals surface area contributed by atoms with E-state index in [1.54, 1.807) is 17.8 Å². The van der Waals surface area contributed by atoms with Gasteiger partial charge in [0, 0.05) is 49.0 Å². The first-order chi connectivity index (χ1) is 32.0. The fourth-order valence-electron chi connectivity index (χ4n) is 11.1. The Balaban J connectivity index is 1.32. The molecule has 356 valence electrons. The number of carbonyl (C=O) groups is 1. The van der Waals surface area contributed by atoms with Crippen molar-refractivity contribution in [3.05, 3.63) is 96.1 Å². The fourth-order valence-corrected chi connectivity index (χ4v) is 11.5. The summed E-state index contributed by atoms with van der Waals surface area (Å²) in [6, 6.07) is 19.5. The molecule has 3 aromatic carbocycles. The minimum atomic E-state index is -1.38. The van der Waals surface area contributed by atoms with Crippen LogP contribution in [0.1, 0.15) is 121 Å². The van der Waals surface area contributed by atoms with Crippen LogP contribution in [0.15, 0.2) is 95.0 Å². The number of carbonyl (C=O) groups excluding carboxylic acids is 1. The molecule has 2 fully saturated rings. The maximum atomic E-state index is 15.3. The van der Waals surface area contributed by atoms with Crippen LogP contribution in [0.2, 0.25) is 0 Å². The highest BCUT2D eigenvalue weighted by Crippen LogP contribution is 2.62. The number of ether oxygens (including phenoxy) is 5. The van der Waals surface area contributed by atoms with Crippen LogP contribution in [0.4, 0.5) is 0 Å². The number of nitrogens with zero attached hydrogens (tertiary/aromatic N) is 2. The van der Waals surface area contributed by atoms with Crippen LogP contribution in [0, 0.1) is 23.7 Å². The number of rotatable bonds is 21. The topological polar surface area (TPSA) is 129 Å². The Hall–Kier alpha value is -4.49. The van der Waals surface area contributed by atoms with Gasteiger partial charge in [0.25, 0.3) is 0 Å². The standard InChI is InChI=1S/C54H70N2O9S/c1-6-29-62-54-49(56(50(59)26-18-36-13-7-8-14-36)34-37-17-24-47-48(30-37)61-35-60-47)33-45(55-65-53(2,3)4)43-31-38(15-9-11-27-57)42(16-10-12-28-58)51(52(43)54)44-32-40(21-25-46(44)64-54)63-39-19-22-41(66-5)23-20-39/h6,17,19-25,30-32,36,38,42,49,51-52,57-58H,1,7-16,18,26-29,33-35H2,2-5H3. The van der Waals surface area contributed by atoms with Gasteiger partial charge in [-0.1, -0.05) is 61.9 Å². The average molecular weight is 923 g/mol. The van der Waals surface area contributed by atoms with Gasteiger partial charge in [0.05, 0.1) is 18.2 Å². The minimum Gasteiger partial charge on any atom is -0.459 e. The second-order valence-corrected chi connectivity index (χ2v) is 20.5. The molecule has 3 aromatic rings. The molecule has 2 aliphatic heterocycles. The van der Waals surface area contributed by atoms with Crippen LogP contribution >= 0.6 is 11.8 Å². The van der Waals surface area contributed by atoms with E-state index in [2.05, 4.69) is 37.1 Å². The number of hydrogen-bond donors (Lipinski definition) is 2. The van der Waals surface area contributed by atoms with Crippen LogP contribution in [0.5, 0.6) is 28.7 Å². The lowest BCUT2D eigenvalue weighted by Crippen LogP contribution is -2.70. The van der Waals surface area contributed by atoms with E-state index in [0.29, 0.717) is 54.6 Å². The largest absolute Gasteiger partial charge is 0.459 e. The predicted molar refractivity (Wildman–Crippen MR) is 258 cm³/mol. The molecule has 2 N–H and O–H groups in total. The summed E-state index contributed by atoms with van der Waals surface area (Å²) >= 11 is 1.69. The summed E-state index contributed by atoms with van der Waals surface area (Å²) < 4.78 is 33.0. The monoisotopic (exact) mass is 922 g/mol. The summed E-state index contributed by atoms with van der Waals surface area (Å²) in [6.07, 6.45) is 17.2. The molecule has 8 rings (SSSR count). The first-order valence-corrected chi connectivity index (χ1v) is 25.5. The second kappa shape index (κ2) is 21.6. The summed E-state index contributed by atoms with van der Waals surface area (Å²) in [5.74, 6) is 2.21. The van der Waals surface area contributed by atoms with Gasteiger partial charge in [-0.15, -0.1) is 18.3 Å². The van der Waals surface area contributed by atoms with E-state index in [0.717, 1.165) is 78.0 Å². The fraction of sp³-hybridized carbons (Fsp3) is 0.556. The van der Waals surface area contributed by atoms with Gasteiger partial charge in [0.1, 0.15) is 28.9 Å². The van der Waals surface area contributed by atoms with Crippen molar-refractivity contribution in [1.82, 2.24) is 4.90 Å². The van der Waals surface area contributed by atoms with E-state index >= 15 is 4.79 Å².